The Balaban J connectivity index is 1.48. The number of halogens is 1. The van der Waals surface area contributed by atoms with Crippen molar-refractivity contribution in [3.05, 3.63) is 58.1 Å². The summed E-state index contributed by atoms with van der Waals surface area (Å²) in [5.41, 5.74) is 4.70. The molecule has 1 N–H and O–H groups in total. The zero-order valence-corrected chi connectivity index (χ0v) is 18.3. The van der Waals surface area contributed by atoms with Crippen molar-refractivity contribution in [1.82, 2.24) is 10.3 Å². The lowest BCUT2D eigenvalue weighted by molar-refractivity contribution is -0.126. The van der Waals surface area contributed by atoms with Crippen LogP contribution in [0.2, 0.25) is 0 Å². The summed E-state index contributed by atoms with van der Waals surface area (Å²) in [6.07, 6.45) is 3.25. The van der Waals surface area contributed by atoms with Crippen molar-refractivity contribution in [2.75, 3.05) is 27.3 Å². The summed E-state index contributed by atoms with van der Waals surface area (Å²) in [6, 6.07) is 13.8. The first kappa shape index (κ1) is 21.3. The first-order valence-electron chi connectivity index (χ1n) is 9.61. The Kier molecular flexibility index (Phi) is 7.66. The Labute approximate surface area is 180 Å². The molecule has 29 heavy (non-hydrogen) atoms. The van der Waals surface area contributed by atoms with Crippen LogP contribution in [0, 0.1) is 5.92 Å². The van der Waals surface area contributed by atoms with E-state index in [0.717, 1.165) is 42.5 Å². The number of hydrazone groups is 1. The van der Waals surface area contributed by atoms with E-state index < -0.39 is 0 Å². The molecule has 0 aliphatic carbocycles. The number of methoxy groups -OCH3 is 2. The highest BCUT2D eigenvalue weighted by atomic mass is 79.9. The molecule has 1 fully saturated rings. The van der Waals surface area contributed by atoms with Crippen molar-refractivity contribution in [2.24, 2.45) is 11.0 Å². The van der Waals surface area contributed by atoms with Crippen molar-refractivity contribution in [3.63, 3.8) is 0 Å². The zero-order chi connectivity index (χ0) is 20.6. The number of ether oxygens (including phenoxy) is 2. The van der Waals surface area contributed by atoms with Gasteiger partial charge in [-0.15, -0.1) is 0 Å². The number of amides is 1. The maximum absolute atomic E-state index is 12.5. The summed E-state index contributed by atoms with van der Waals surface area (Å²) in [5, 5.41) is 4.12. The van der Waals surface area contributed by atoms with Gasteiger partial charge in [0.25, 0.3) is 0 Å². The first-order valence-corrected chi connectivity index (χ1v) is 10.4. The second kappa shape index (κ2) is 10.4. The molecule has 1 amide bonds. The van der Waals surface area contributed by atoms with Crippen molar-refractivity contribution >= 4 is 28.1 Å². The van der Waals surface area contributed by atoms with Gasteiger partial charge in [0, 0.05) is 22.5 Å². The molecular formula is C22H26BrN3O3. The van der Waals surface area contributed by atoms with Gasteiger partial charge >= 0.3 is 0 Å². The van der Waals surface area contributed by atoms with E-state index >= 15 is 0 Å². The zero-order valence-electron chi connectivity index (χ0n) is 16.7. The Morgan fingerprint density at radius 1 is 1.17 bits per heavy atom. The number of likely N-dealkylation sites (tertiary alicyclic amines) is 1. The Morgan fingerprint density at radius 2 is 1.90 bits per heavy atom. The number of nitrogens with zero attached hydrogens (tertiary/aromatic N) is 2. The Bertz CT molecular complexity index is 847. The summed E-state index contributed by atoms with van der Waals surface area (Å²) in [5.74, 6) is 1.33. The fourth-order valence-corrected chi connectivity index (χ4v) is 3.66. The monoisotopic (exact) mass is 459 g/mol. The van der Waals surface area contributed by atoms with Gasteiger partial charge in [-0.05, 0) is 61.8 Å². The van der Waals surface area contributed by atoms with Crippen LogP contribution in [0.4, 0.5) is 0 Å². The van der Waals surface area contributed by atoms with E-state index in [2.05, 4.69) is 55.6 Å². The summed E-state index contributed by atoms with van der Waals surface area (Å²) in [7, 11) is 3.20. The van der Waals surface area contributed by atoms with Gasteiger partial charge in [0.2, 0.25) is 5.91 Å². The maximum Gasteiger partial charge on any atom is 0.243 e. The van der Waals surface area contributed by atoms with E-state index in [9.17, 15) is 4.79 Å². The second-order valence-electron chi connectivity index (χ2n) is 7.02. The number of piperidine rings is 1. The average Bonchev–Trinajstić information content (AvgIpc) is 2.75. The summed E-state index contributed by atoms with van der Waals surface area (Å²) < 4.78 is 11.6. The number of hydrogen-bond donors (Lipinski definition) is 1. The third-order valence-electron chi connectivity index (χ3n) is 5.09. The predicted octanol–water partition coefficient (Wildman–Crippen LogP) is 3.83. The molecule has 2 aromatic carbocycles. The van der Waals surface area contributed by atoms with Crippen molar-refractivity contribution in [1.29, 1.82) is 0 Å². The number of benzene rings is 2. The summed E-state index contributed by atoms with van der Waals surface area (Å²) >= 11 is 3.46. The van der Waals surface area contributed by atoms with Gasteiger partial charge in [0.05, 0.1) is 20.4 Å². The highest BCUT2D eigenvalue weighted by Gasteiger charge is 2.24. The lowest BCUT2D eigenvalue weighted by atomic mass is 9.96. The minimum atomic E-state index is -0.0357. The van der Waals surface area contributed by atoms with Crippen LogP contribution < -0.4 is 14.9 Å². The third kappa shape index (κ3) is 6.05. The molecule has 2 aromatic rings. The molecule has 0 radical (unpaired) electrons. The van der Waals surface area contributed by atoms with E-state index in [4.69, 9.17) is 9.47 Å². The SMILES string of the molecule is COc1ccc(OC)c(C=NNC(=O)C2CCN(Cc3ccc(Br)cc3)CC2)c1. The molecule has 0 spiro atoms. The van der Waals surface area contributed by atoms with Crippen molar-refractivity contribution < 1.29 is 14.3 Å². The van der Waals surface area contributed by atoms with Gasteiger partial charge in [-0.2, -0.15) is 5.10 Å². The molecule has 7 heteroatoms. The predicted molar refractivity (Wildman–Crippen MR) is 117 cm³/mol. The molecule has 6 nitrogen and oxygen atoms in total. The number of nitrogens with one attached hydrogen (secondary N) is 1. The minimum absolute atomic E-state index is 0.0134. The van der Waals surface area contributed by atoms with Gasteiger partial charge in [0.15, 0.2) is 0 Å². The largest absolute Gasteiger partial charge is 0.497 e. The molecule has 1 saturated heterocycles. The van der Waals surface area contributed by atoms with Gasteiger partial charge < -0.3 is 9.47 Å². The molecular weight excluding hydrogens is 434 g/mol. The number of rotatable bonds is 7. The molecule has 0 aromatic heterocycles. The van der Waals surface area contributed by atoms with Crippen LogP contribution >= 0.6 is 15.9 Å². The minimum Gasteiger partial charge on any atom is -0.497 e. The standard InChI is InChI=1S/C22H26BrN3O3/c1-28-20-7-8-21(29-2)18(13-20)14-24-25-22(27)17-9-11-26(12-10-17)15-16-3-5-19(23)6-4-16/h3-8,13-14,17H,9-12,15H2,1-2H3,(H,25,27). The Hall–Kier alpha value is -2.38. The fourth-order valence-electron chi connectivity index (χ4n) is 3.40. The highest BCUT2D eigenvalue weighted by Crippen LogP contribution is 2.23. The van der Waals surface area contributed by atoms with E-state index in [1.54, 1.807) is 20.4 Å². The number of carbonyl (C=O) groups excluding carboxylic acids is 1. The summed E-state index contributed by atoms with van der Waals surface area (Å²) in [4.78, 5) is 14.9. The van der Waals surface area contributed by atoms with Gasteiger partial charge in [0.1, 0.15) is 11.5 Å². The number of carbonyl (C=O) groups is 1. The second-order valence-corrected chi connectivity index (χ2v) is 7.93. The quantitative estimate of drug-likeness (QED) is 0.504. The van der Waals surface area contributed by atoms with Gasteiger partial charge in [-0.1, -0.05) is 28.1 Å². The lowest BCUT2D eigenvalue weighted by Crippen LogP contribution is -2.39. The van der Waals surface area contributed by atoms with Crippen LogP contribution in [-0.4, -0.2) is 44.3 Å². The lowest BCUT2D eigenvalue weighted by Gasteiger charge is -2.30. The van der Waals surface area contributed by atoms with Crippen LogP contribution in [0.5, 0.6) is 11.5 Å². The molecule has 0 saturated carbocycles. The summed E-state index contributed by atoms with van der Waals surface area (Å²) in [6.45, 7) is 2.72. The van der Waals surface area contributed by atoms with E-state index in [1.165, 1.54) is 5.56 Å². The molecule has 1 aliphatic heterocycles. The molecule has 0 atom stereocenters. The van der Waals surface area contributed by atoms with Crippen LogP contribution in [0.15, 0.2) is 52.0 Å². The topological polar surface area (TPSA) is 63.2 Å². The van der Waals surface area contributed by atoms with E-state index in [1.807, 2.05) is 18.2 Å². The van der Waals surface area contributed by atoms with Crippen LogP contribution in [0.1, 0.15) is 24.0 Å². The smallest absolute Gasteiger partial charge is 0.243 e. The van der Waals surface area contributed by atoms with Gasteiger partial charge in [-0.3, -0.25) is 9.69 Å². The molecule has 1 heterocycles. The van der Waals surface area contributed by atoms with E-state index in [0.29, 0.717) is 11.5 Å². The van der Waals surface area contributed by atoms with E-state index in [-0.39, 0.29) is 11.8 Å². The maximum atomic E-state index is 12.5. The Morgan fingerprint density at radius 3 is 2.55 bits per heavy atom. The number of hydrogen-bond acceptors (Lipinski definition) is 5. The van der Waals surface area contributed by atoms with Crippen LogP contribution in [0.3, 0.4) is 0 Å². The van der Waals surface area contributed by atoms with Crippen molar-refractivity contribution in [3.8, 4) is 11.5 Å². The molecule has 154 valence electrons. The molecule has 0 bridgehead atoms. The third-order valence-corrected chi connectivity index (χ3v) is 5.62. The molecule has 3 rings (SSSR count). The molecule has 0 unspecified atom stereocenters. The first-order chi connectivity index (χ1) is 14.1. The van der Waals surface area contributed by atoms with Crippen LogP contribution in [0.25, 0.3) is 0 Å². The van der Waals surface area contributed by atoms with Crippen LogP contribution in [-0.2, 0) is 11.3 Å². The average molecular weight is 460 g/mol. The fraction of sp³-hybridized carbons (Fsp3) is 0.364. The highest BCUT2D eigenvalue weighted by molar-refractivity contribution is 9.10. The molecule has 1 aliphatic rings. The normalized spacial score (nSPS) is 15.4. The van der Waals surface area contributed by atoms with Gasteiger partial charge in [-0.25, -0.2) is 5.43 Å². The van der Waals surface area contributed by atoms with Crippen molar-refractivity contribution in [2.45, 2.75) is 19.4 Å².